The van der Waals surface area contributed by atoms with Gasteiger partial charge in [0.2, 0.25) is 5.91 Å². The lowest BCUT2D eigenvalue weighted by Crippen LogP contribution is -2.29. The molecule has 2 aliphatic heterocycles. The van der Waals surface area contributed by atoms with E-state index in [1.165, 1.54) is 32.1 Å². The van der Waals surface area contributed by atoms with E-state index in [4.69, 9.17) is 0 Å². The van der Waals surface area contributed by atoms with E-state index in [0.29, 0.717) is 11.8 Å². The number of hydrogen-bond acceptors (Lipinski definition) is 2. The molecular formula is C12H22N2O. The van der Waals surface area contributed by atoms with Gasteiger partial charge in [0.15, 0.2) is 0 Å². The van der Waals surface area contributed by atoms with Crippen molar-refractivity contribution in [1.82, 2.24) is 10.2 Å². The molecule has 1 amide bonds. The minimum absolute atomic E-state index is 0.402. The first-order chi connectivity index (χ1) is 7.36. The van der Waals surface area contributed by atoms with Gasteiger partial charge in [-0.3, -0.25) is 4.79 Å². The molecule has 0 aliphatic carbocycles. The van der Waals surface area contributed by atoms with Gasteiger partial charge in [-0.05, 0) is 51.1 Å². The van der Waals surface area contributed by atoms with Crippen LogP contribution in [0.4, 0.5) is 0 Å². The minimum atomic E-state index is 0.402. The van der Waals surface area contributed by atoms with Crippen LogP contribution in [0.1, 0.15) is 38.5 Å². The van der Waals surface area contributed by atoms with Crippen LogP contribution < -0.4 is 5.32 Å². The van der Waals surface area contributed by atoms with Crippen LogP contribution in [0.5, 0.6) is 0 Å². The Morgan fingerprint density at radius 1 is 1.13 bits per heavy atom. The molecule has 1 atom stereocenters. The Balaban J connectivity index is 1.76. The Hall–Kier alpha value is -0.570. The average Bonchev–Trinajstić information content (AvgIpc) is 2.65. The second-order valence-electron chi connectivity index (χ2n) is 4.84. The molecule has 0 saturated carbocycles. The van der Waals surface area contributed by atoms with Crippen molar-refractivity contribution in [3.8, 4) is 0 Å². The second-order valence-corrected chi connectivity index (χ2v) is 4.84. The topological polar surface area (TPSA) is 32.3 Å². The lowest BCUT2D eigenvalue weighted by molar-refractivity contribution is -0.131. The fourth-order valence-electron chi connectivity index (χ4n) is 2.64. The summed E-state index contributed by atoms with van der Waals surface area (Å²) in [6.07, 6.45) is 6.85. The highest BCUT2D eigenvalue weighted by Gasteiger charge is 2.22. The van der Waals surface area contributed by atoms with Crippen molar-refractivity contribution in [2.24, 2.45) is 5.92 Å². The average molecular weight is 210 g/mol. The first-order valence-electron chi connectivity index (χ1n) is 6.35. The molecule has 15 heavy (non-hydrogen) atoms. The summed E-state index contributed by atoms with van der Waals surface area (Å²) in [5, 5.41) is 3.40. The van der Waals surface area contributed by atoms with E-state index in [1.807, 2.05) is 0 Å². The summed E-state index contributed by atoms with van der Waals surface area (Å²) in [7, 11) is 0. The van der Waals surface area contributed by atoms with Crippen LogP contribution in [0.3, 0.4) is 0 Å². The summed E-state index contributed by atoms with van der Waals surface area (Å²) in [5.41, 5.74) is 0. The van der Waals surface area contributed by atoms with E-state index >= 15 is 0 Å². The second kappa shape index (κ2) is 5.50. The normalized spacial score (nSPS) is 27.7. The van der Waals surface area contributed by atoms with E-state index in [2.05, 4.69) is 10.2 Å². The summed E-state index contributed by atoms with van der Waals surface area (Å²) in [6.45, 7) is 4.24. The molecule has 2 fully saturated rings. The molecule has 86 valence electrons. The maximum absolute atomic E-state index is 11.9. The van der Waals surface area contributed by atoms with Crippen LogP contribution >= 0.6 is 0 Å². The maximum atomic E-state index is 11.9. The molecule has 0 aromatic rings. The van der Waals surface area contributed by atoms with Gasteiger partial charge in [0.25, 0.3) is 0 Å². The van der Waals surface area contributed by atoms with Gasteiger partial charge in [-0.1, -0.05) is 0 Å². The van der Waals surface area contributed by atoms with Crippen molar-refractivity contribution < 1.29 is 4.79 Å². The Labute approximate surface area is 92.2 Å². The zero-order valence-corrected chi connectivity index (χ0v) is 9.50. The van der Waals surface area contributed by atoms with Crippen LogP contribution in [0.25, 0.3) is 0 Å². The third-order valence-electron chi connectivity index (χ3n) is 3.62. The molecule has 0 aromatic carbocycles. The summed E-state index contributed by atoms with van der Waals surface area (Å²) < 4.78 is 0. The van der Waals surface area contributed by atoms with Crippen molar-refractivity contribution in [3.05, 3.63) is 0 Å². The van der Waals surface area contributed by atoms with Crippen molar-refractivity contribution >= 4 is 5.91 Å². The van der Waals surface area contributed by atoms with Gasteiger partial charge in [-0.15, -0.1) is 0 Å². The van der Waals surface area contributed by atoms with Crippen LogP contribution in [0.15, 0.2) is 0 Å². The highest BCUT2D eigenvalue weighted by atomic mass is 16.2. The Kier molecular flexibility index (Phi) is 4.01. The van der Waals surface area contributed by atoms with Gasteiger partial charge in [0, 0.05) is 19.5 Å². The van der Waals surface area contributed by atoms with E-state index in [9.17, 15) is 4.79 Å². The summed E-state index contributed by atoms with van der Waals surface area (Å²) in [4.78, 5) is 14.0. The van der Waals surface area contributed by atoms with E-state index < -0.39 is 0 Å². The smallest absolute Gasteiger partial charge is 0.222 e. The van der Waals surface area contributed by atoms with Gasteiger partial charge in [0.1, 0.15) is 0 Å². The van der Waals surface area contributed by atoms with E-state index in [-0.39, 0.29) is 0 Å². The maximum Gasteiger partial charge on any atom is 0.222 e. The molecule has 2 aliphatic rings. The first kappa shape index (κ1) is 10.9. The zero-order chi connectivity index (χ0) is 10.5. The molecule has 0 aromatic heterocycles. The number of carbonyl (C=O) groups excluding carboxylic acids is 1. The largest absolute Gasteiger partial charge is 0.343 e. The molecule has 2 rings (SSSR count). The molecule has 2 saturated heterocycles. The lowest BCUT2D eigenvalue weighted by Gasteiger charge is -2.19. The van der Waals surface area contributed by atoms with Crippen LogP contribution in [-0.2, 0) is 4.79 Å². The minimum Gasteiger partial charge on any atom is -0.343 e. The van der Waals surface area contributed by atoms with Crippen molar-refractivity contribution in [1.29, 1.82) is 0 Å². The Morgan fingerprint density at radius 3 is 2.73 bits per heavy atom. The predicted molar refractivity (Wildman–Crippen MR) is 60.6 cm³/mol. The van der Waals surface area contributed by atoms with Crippen LogP contribution in [0, 0.1) is 5.92 Å². The highest BCUT2D eigenvalue weighted by Crippen LogP contribution is 2.20. The molecule has 3 nitrogen and oxygen atoms in total. The monoisotopic (exact) mass is 210 g/mol. The molecular weight excluding hydrogens is 188 g/mol. The third kappa shape index (κ3) is 3.20. The number of nitrogens with zero attached hydrogens (tertiary/aromatic N) is 1. The van der Waals surface area contributed by atoms with Gasteiger partial charge in [-0.25, -0.2) is 0 Å². The van der Waals surface area contributed by atoms with Crippen LogP contribution in [-0.4, -0.2) is 37.0 Å². The molecule has 0 bridgehead atoms. The Bertz CT molecular complexity index is 204. The van der Waals surface area contributed by atoms with Gasteiger partial charge in [-0.2, -0.15) is 0 Å². The first-order valence-corrected chi connectivity index (χ1v) is 6.35. The third-order valence-corrected chi connectivity index (χ3v) is 3.62. The number of likely N-dealkylation sites (tertiary alicyclic amines) is 1. The fourth-order valence-corrected chi connectivity index (χ4v) is 2.64. The molecule has 2 heterocycles. The molecule has 0 spiro atoms. The van der Waals surface area contributed by atoms with Crippen LogP contribution in [0.2, 0.25) is 0 Å². The summed E-state index contributed by atoms with van der Waals surface area (Å²) in [6, 6.07) is 0. The molecule has 1 N–H and O–H groups in total. The number of hydrogen-bond donors (Lipinski definition) is 1. The molecule has 3 heteroatoms. The fraction of sp³-hybridized carbons (Fsp3) is 0.917. The van der Waals surface area contributed by atoms with Crippen molar-refractivity contribution in [2.75, 3.05) is 26.2 Å². The number of rotatable bonds is 2. The quantitative estimate of drug-likeness (QED) is 0.747. The van der Waals surface area contributed by atoms with Gasteiger partial charge >= 0.3 is 0 Å². The standard InChI is InChI=1S/C12H22N2O/c15-12(14-8-1-2-9-14)10-11-4-3-6-13-7-5-11/h11,13H,1-10H2/t11-/m0/s1. The van der Waals surface area contributed by atoms with Gasteiger partial charge < -0.3 is 10.2 Å². The number of amides is 1. The summed E-state index contributed by atoms with van der Waals surface area (Å²) in [5.74, 6) is 1.03. The van der Waals surface area contributed by atoms with Crippen molar-refractivity contribution in [3.63, 3.8) is 0 Å². The lowest BCUT2D eigenvalue weighted by atomic mass is 9.96. The number of nitrogens with one attached hydrogen (secondary N) is 1. The van der Waals surface area contributed by atoms with E-state index in [0.717, 1.165) is 32.6 Å². The highest BCUT2D eigenvalue weighted by molar-refractivity contribution is 5.76. The SMILES string of the molecule is O=C(C[C@H]1CCCNCC1)N1CCCC1. The molecule has 0 unspecified atom stereocenters. The van der Waals surface area contributed by atoms with Gasteiger partial charge in [0.05, 0.1) is 0 Å². The zero-order valence-electron chi connectivity index (χ0n) is 9.50. The molecule has 0 radical (unpaired) electrons. The predicted octanol–water partition coefficient (Wildman–Crippen LogP) is 1.39. The Morgan fingerprint density at radius 2 is 1.93 bits per heavy atom. The summed E-state index contributed by atoms with van der Waals surface area (Å²) >= 11 is 0. The van der Waals surface area contributed by atoms with E-state index in [1.54, 1.807) is 0 Å². The number of carbonyl (C=O) groups is 1. The van der Waals surface area contributed by atoms with Crippen molar-refractivity contribution in [2.45, 2.75) is 38.5 Å².